The molecule has 0 aliphatic rings. The number of furan rings is 1. The van der Waals surface area contributed by atoms with Crippen LogP contribution in [0.1, 0.15) is 48.0 Å². The van der Waals surface area contributed by atoms with Gasteiger partial charge in [0.1, 0.15) is 23.7 Å². The van der Waals surface area contributed by atoms with Crippen LogP contribution in [0.3, 0.4) is 0 Å². The Morgan fingerprint density at radius 3 is 2.12 bits per heavy atom. The Bertz CT molecular complexity index is 1320. The van der Waals surface area contributed by atoms with Crippen LogP contribution in [-0.4, -0.2) is 33.2 Å². The fourth-order valence-corrected chi connectivity index (χ4v) is 4.68. The summed E-state index contributed by atoms with van der Waals surface area (Å²) >= 11 is 0. The highest BCUT2D eigenvalue weighted by Gasteiger charge is 2.31. The minimum atomic E-state index is -4.46. The fraction of sp³-hybridized carbons (Fsp3) is 0.419. The van der Waals surface area contributed by atoms with Gasteiger partial charge in [0, 0.05) is 13.6 Å². The van der Waals surface area contributed by atoms with Crippen molar-refractivity contribution in [2.24, 2.45) is 5.41 Å². The summed E-state index contributed by atoms with van der Waals surface area (Å²) < 4.78 is 61.5. The molecule has 0 radical (unpaired) electrons. The lowest BCUT2D eigenvalue weighted by molar-refractivity contribution is -0.153. The molecule has 3 rings (SSSR count). The van der Waals surface area contributed by atoms with E-state index in [1.54, 1.807) is 19.1 Å². The molecule has 0 unspecified atom stereocenters. The summed E-state index contributed by atoms with van der Waals surface area (Å²) in [6.07, 6.45) is -3.98. The van der Waals surface area contributed by atoms with Gasteiger partial charge in [-0.3, -0.25) is 4.79 Å². The molecule has 41 heavy (non-hydrogen) atoms. The summed E-state index contributed by atoms with van der Waals surface area (Å²) in [7, 11) is -1.44. The van der Waals surface area contributed by atoms with Gasteiger partial charge in [-0.2, -0.15) is 13.2 Å². The van der Waals surface area contributed by atoms with Crippen molar-refractivity contribution in [1.82, 2.24) is 0 Å². The van der Waals surface area contributed by atoms with Gasteiger partial charge in [0.15, 0.2) is 5.76 Å². The van der Waals surface area contributed by atoms with Crippen molar-refractivity contribution in [3.8, 4) is 17.1 Å². The van der Waals surface area contributed by atoms with Gasteiger partial charge in [-0.25, -0.2) is 4.79 Å². The number of ether oxygens (including phenoxy) is 3. The third kappa shape index (κ3) is 9.24. The third-order valence-electron chi connectivity index (χ3n) is 6.38. The smallest absolute Gasteiger partial charge is 0.416 e. The minimum Gasteiger partial charge on any atom is -0.486 e. The van der Waals surface area contributed by atoms with Gasteiger partial charge >= 0.3 is 18.1 Å². The van der Waals surface area contributed by atoms with Crippen LogP contribution in [0.15, 0.2) is 59.0 Å². The van der Waals surface area contributed by atoms with E-state index in [1.807, 2.05) is 26.0 Å². The van der Waals surface area contributed by atoms with Gasteiger partial charge in [-0.05, 0) is 69.1 Å². The molecule has 6 nitrogen and oxygen atoms in total. The molecule has 0 saturated heterocycles. The maximum atomic E-state index is 13.0. The number of halogens is 3. The van der Waals surface area contributed by atoms with Crippen molar-refractivity contribution in [2.45, 2.75) is 65.7 Å². The van der Waals surface area contributed by atoms with Crippen molar-refractivity contribution in [3.05, 3.63) is 77.0 Å². The second kappa shape index (κ2) is 13.0. The highest BCUT2D eigenvalue weighted by molar-refractivity contribution is 6.76. The van der Waals surface area contributed by atoms with E-state index in [1.165, 1.54) is 18.2 Å². The molecule has 0 fully saturated rings. The average Bonchev–Trinajstić information content (AvgIpc) is 3.31. The normalized spacial score (nSPS) is 12.2. The molecule has 1 heterocycles. The Hall–Kier alpha value is -3.53. The Morgan fingerprint density at radius 2 is 1.56 bits per heavy atom. The van der Waals surface area contributed by atoms with Crippen LogP contribution in [0.5, 0.6) is 5.75 Å². The van der Waals surface area contributed by atoms with Crippen molar-refractivity contribution >= 4 is 20.0 Å². The highest BCUT2D eigenvalue weighted by Crippen LogP contribution is 2.33. The van der Waals surface area contributed by atoms with E-state index in [9.17, 15) is 22.8 Å². The van der Waals surface area contributed by atoms with E-state index < -0.39 is 31.2 Å². The zero-order valence-corrected chi connectivity index (χ0v) is 25.3. The number of benzene rings is 2. The van der Waals surface area contributed by atoms with Crippen molar-refractivity contribution in [2.75, 3.05) is 13.2 Å². The standard InChI is InChI=1S/C31H37F3O6Si/c1-7-37-29(36)30(2,3)19-21-8-14-24(15-9-21)39-20-27-25(28(35)38-16-17-41(4,5)6)18-26(40-27)22-10-12-23(13-11-22)31(32,33)34/h8-15,18H,7,16-17,19-20H2,1-6H3. The maximum absolute atomic E-state index is 13.0. The number of alkyl halides is 3. The van der Waals surface area contributed by atoms with Crippen molar-refractivity contribution < 1.29 is 41.4 Å². The summed E-state index contributed by atoms with van der Waals surface area (Å²) in [6, 6.07) is 14.0. The van der Waals surface area contributed by atoms with Gasteiger partial charge in [-0.1, -0.05) is 43.9 Å². The van der Waals surface area contributed by atoms with E-state index in [0.29, 0.717) is 24.3 Å². The lowest BCUT2D eigenvalue weighted by Gasteiger charge is -2.22. The van der Waals surface area contributed by atoms with E-state index in [4.69, 9.17) is 18.6 Å². The van der Waals surface area contributed by atoms with Gasteiger partial charge in [0.05, 0.1) is 24.2 Å². The molecule has 0 saturated carbocycles. The van der Waals surface area contributed by atoms with Crippen LogP contribution in [0, 0.1) is 5.41 Å². The van der Waals surface area contributed by atoms with E-state index in [0.717, 1.165) is 23.7 Å². The first-order chi connectivity index (χ1) is 19.1. The number of esters is 2. The van der Waals surface area contributed by atoms with Crippen LogP contribution in [0.4, 0.5) is 13.2 Å². The van der Waals surface area contributed by atoms with Crippen LogP contribution in [0.25, 0.3) is 11.3 Å². The minimum absolute atomic E-state index is 0.104. The predicted octanol–water partition coefficient (Wildman–Crippen LogP) is 8.17. The largest absolute Gasteiger partial charge is 0.486 e. The summed E-state index contributed by atoms with van der Waals surface area (Å²) in [6.45, 7) is 12.4. The molecule has 0 atom stereocenters. The Labute approximate surface area is 239 Å². The second-order valence-electron chi connectivity index (χ2n) is 11.7. The molecule has 1 aromatic heterocycles. The van der Waals surface area contributed by atoms with Gasteiger partial charge in [0.25, 0.3) is 0 Å². The first-order valence-corrected chi connectivity index (χ1v) is 17.2. The lowest BCUT2D eigenvalue weighted by atomic mass is 9.86. The summed E-state index contributed by atoms with van der Waals surface area (Å²) in [5.41, 5.74) is -0.00948. The molecule has 0 spiro atoms. The SMILES string of the molecule is CCOC(=O)C(C)(C)Cc1ccc(OCc2oc(-c3ccc(C(F)(F)F)cc3)cc2C(=O)OCC[Si](C)(C)C)cc1. The number of hydrogen-bond acceptors (Lipinski definition) is 6. The average molecular weight is 591 g/mol. The summed E-state index contributed by atoms with van der Waals surface area (Å²) in [5, 5.41) is 0. The third-order valence-corrected chi connectivity index (χ3v) is 8.08. The monoisotopic (exact) mass is 590 g/mol. The van der Waals surface area contributed by atoms with E-state index in [-0.39, 0.29) is 36.3 Å². The number of carbonyl (C=O) groups excluding carboxylic acids is 2. The highest BCUT2D eigenvalue weighted by atomic mass is 28.3. The number of hydrogen-bond donors (Lipinski definition) is 0. The van der Waals surface area contributed by atoms with Crippen molar-refractivity contribution in [3.63, 3.8) is 0 Å². The quantitative estimate of drug-likeness (QED) is 0.156. The molecule has 0 bridgehead atoms. The van der Waals surface area contributed by atoms with Crippen LogP contribution in [-0.2, 0) is 33.5 Å². The molecule has 222 valence electrons. The zero-order chi connectivity index (χ0) is 30.4. The zero-order valence-electron chi connectivity index (χ0n) is 24.3. The second-order valence-corrected chi connectivity index (χ2v) is 17.3. The summed E-state index contributed by atoms with van der Waals surface area (Å²) in [4.78, 5) is 25.2. The molecule has 0 aliphatic heterocycles. The first kappa shape index (κ1) is 32.0. The van der Waals surface area contributed by atoms with E-state index >= 15 is 0 Å². The van der Waals surface area contributed by atoms with E-state index in [2.05, 4.69) is 19.6 Å². The molecule has 10 heteroatoms. The molecular formula is C31H37F3O6Si. The molecule has 2 aromatic carbocycles. The van der Waals surface area contributed by atoms with Gasteiger partial charge in [-0.15, -0.1) is 0 Å². The maximum Gasteiger partial charge on any atom is 0.416 e. The predicted molar refractivity (Wildman–Crippen MR) is 152 cm³/mol. The first-order valence-electron chi connectivity index (χ1n) is 13.5. The number of carbonyl (C=O) groups is 2. The van der Waals surface area contributed by atoms with Crippen LogP contribution < -0.4 is 4.74 Å². The fourth-order valence-electron chi connectivity index (χ4n) is 3.96. The lowest BCUT2D eigenvalue weighted by Crippen LogP contribution is -2.28. The van der Waals surface area contributed by atoms with Gasteiger partial charge in [0.2, 0.25) is 0 Å². The van der Waals surface area contributed by atoms with Gasteiger partial charge < -0.3 is 18.6 Å². The molecule has 0 amide bonds. The molecule has 0 aliphatic carbocycles. The Balaban J connectivity index is 1.78. The molecular weight excluding hydrogens is 553 g/mol. The number of rotatable bonds is 12. The van der Waals surface area contributed by atoms with Crippen molar-refractivity contribution in [1.29, 1.82) is 0 Å². The Kier molecular flexibility index (Phi) is 10.1. The molecule has 0 N–H and O–H groups in total. The summed E-state index contributed by atoms with van der Waals surface area (Å²) in [5.74, 6) is 0.0798. The van der Waals surface area contributed by atoms with Crippen LogP contribution >= 0.6 is 0 Å². The Morgan fingerprint density at radius 1 is 0.927 bits per heavy atom. The molecule has 3 aromatic rings. The topological polar surface area (TPSA) is 75.0 Å². The van der Waals surface area contributed by atoms with Crippen LogP contribution in [0.2, 0.25) is 25.7 Å².